The van der Waals surface area contributed by atoms with E-state index >= 15 is 0 Å². The van der Waals surface area contributed by atoms with Crippen LogP contribution in [0.15, 0.2) is 47.0 Å². The zero-order valence-corrected chi connectivity index (χ0v) is 15.5. The third kappa shape index (κ3) is 4.18. The van der Waals surface area contributed by atoms with E-state index in [1.165, 1.54) is 12.4 Å². The van der Waals surface area contributed by atoms with Gasteiger partial charge in [0.15, 0.2) is 5.84 Å². The van der Waals surface area contributed by atoms with E-state index in [-0.39, 0.29) is 17.1 Å². The van der Waals surface area contributed by atoms with Gasteiger partial charge < -0.3 is 0 Å². The van der Waals surface area contributed by atoms with Crippen LogP contribution in [0.1, 0.15) is 10.4 Å². The largest absolute Gasteiger partial charge is 0.408 e. The van der Waals surface area contributed by atoms with Crippen molar-refractivity contribution in [2.45, 2.75) is 19.3 Å². The van der Waals surface area contributed by atoms with Crippen molar-refractivity contribution in [2.24, 2.45) is 10.1 Å². The molecular weight excluding hydrogens is 407 g/mol. The van der Waals surface area contributed by atoms with Gasteiger partial charge in [-0.25, -0.2) is 10.5 Å². The second-order valence-corrected chi connectivity index (χ2v) is 7.31. The Morgan fingerprint density at radius 1 is 1.38 bits per heavy atom. The maximum atomic E-state index is 12.4. The molecule has 0 spiro atoms. The lowest BCUT2D eigenvalue weighted by Crippen LogP contribution is -2.27. The number of H-pyrrole nitrogens is 1. The minimum atomic E-state index is -4.38. The SMILES string of the molecule is C=C1C(N=CC(=N)c2cnn(CC(F)(F)F)c2)=NNN1Cc1cc2[nH]ncc2s1. The second kappa shape index (κ2) is 7.16. The predicted molar refractivity (Wildman–Crippen MR) is 103 cm³/mol. The number of hydrazine groups is 1. The summed E-state index contributed by atoms with van der Waals surface area (Å²) in [5, 5.41) is 24.2. The van der Waals surface area contributed by atoms with Crippen molar-refractivity contribution in [3.05, 3.63) is 47.4 Å². The van der Waals surface area contributed by atoms with Crippen LogP contribution in [0.2, 0.25) is 0 Å². The van der Waals surface area contributed by atoms with Crippen LogP contribution in [-0.2, 0) is 13.1 Å². The third-order valence-electron chi connectivity index (χ3n) is 3.95. The molecule has 0 aromatic carbocycles. The minimum absolute atomic E-state index is 0.0904. The molecule has 0 saturated heterocycles. The average molecular weight is 421 g/mol. The van der Waals surface area contributed by atoms with E-state index in [2.05, 4.69) is 37.5 Å². The summed E-state index contributed by atoms with van der Waals surface area (Å²) >= 11 is 1.59. The number of hydrogen-bond donors (Lipinski definition) is 3. The third-order valence-corrected chi connectivity index (χ3v) is 5.01. The standard InChI is InChI=1S/C16H14F3N9S/c1-9-15(21-4-12(20)10-3-23-27(6-10)8-16(17,18)19)25-26-28(9)7-11-2-13-14(29-11)5-22-24-13/h2-6,20,26H,1,7-8H2,(H,22,24). The number of alkyl halides is 3. The number of hydrogen-bond acceptors (Lipinski definition) is 8. The highest BCUT2D eigenvalue weighted by atomic mass is 32.1. The lowest BCUT2D eigenvalue weighted by Gasteiger charge is -2.16. The Kier molecular flexibility index (Phi) is 4.66. The number of thiophene rings is 1. The van der Waals surface area contributed by atoms with Crippen molar-refractivity contribution < 1.29 is 13.2 Å². The zero-order chi connectivity index (χ0) is 20.6. The second-order valence-electron chi connectivity index (χ2n) is 6.14. The Hall–Kier alpha value is -3.48. The number of hydrazone groups is 1. The summed E-state index contributed by atoms with van der Waals surface area (Å²) in [6, 6.07) is 1.98. The monoisotopic (exact) mass is 421 g/mol. The molecule has 1 aliphatic heterocycles. The summed E-state index contributed by atoms with van der Waals surface area (Å²) in [4.78, 5) is 5.18. The molecule has 13 heteroatoms. The number of nitrogens with zero attached hydrogens (tertiary/aromatic N) is 6. The van der Waals surface area contributed by atoms with Gasteiger partial charge in [-0.15, -0.1) is 16.4 Å². The Morgan fingerprint density at radius 2 is 2.21 bits per heavy atom. The highest BCUT2D eigenvalue weighted by Crippen LogP contribution is 2.26. The van der Waals surface area contributed by atoms with Crippen LogP contribution in [0.25, 0.3) is 10.2 Å². The Labute approximate surface area is 165 Å². The number of halogens is 3. The van der Waals surface area contributed by atoms with Crippen LogP contribution in [0.5, 0.6) is 0 Å². The lowest BCUT2D eigenvalue weighted by molar-refractivity contribution is -0.142. The van der Waals surface area contributed by atoms with Gasteiger partial charge in [0, 0.05) is 16.6 Å². The molecule has 9 nitrogen and oxygen atoms in total. The number of fused-ring (bicyclic) bond motifs is 1. The molecule has 0 unspecified atom stereocenters. The molecule has 150 valence electrons. The smallest absolute Gasteiger partial charge is 0.299 e. The topological polar surface area (TPSA) is 110 Å². The van der Waals surface area contributed by atoms with E-state index in [0.29, 0.717) is 12.2 Å². The Bertz CT molecular complexity index is 1110. The predicted octanol–water partition coefficient (Wildman–Crippen LogP) is 2.67. The molecule has 29 heavy (non-hydrogen) atoms. The van der Waals surface area contributed by atoms with Crippen LogP contribution >= 0.6 is 11.3 Å². The van der Waals surface area contributed by atoms with Gasteiger partial charge in [0.25, 0.3) is 0 Å². The van der Waals surface area contributed by atoms with Crippen molar-refractivity contribution in [2.75, 3.05) is 0 Å². The van der Waals surface area contributed by atoms with Crippen LogP contribution in [0.3, 0.4) is 0 Å². The van der Waals surface area contributed by atoms with E-state index in [1.807, 2.05) is 6.07 Å². The van der Waals surface area contributed by atoms with Crippen molar-refractivity contribution in [3.8, 4) is 0 Å². The molecule has 0 radical (unpaired) electrons. The van der Waals surface area contributed by atoms with Crippen molar-refractivity contribution in [1.29, 1.82) is 5.41 Å². The molecule has 0 amide bonds. The molecule has 0 aliphatic carbocycles. The molecule has 4 rings (SSSR count). The van der Waals surface area contributed by atoms with E-state index in [4.69, 9.17) is 5.41 Å². The first-order chi connectivity index (χ1) is 13.8. The summed E-state index contributed by atoms with van der Waals surface area (Å²) in [5.74, 6) is 0.279. The summed E-state index contributed by atoms with van der Waals surface area (Å²) in [5.41, 5.74) is 4.40. The van der Waals surface area contributed by atoms with Gasteiger partial charge in [0.1, 0.15) is 6.54 Å². The van der Waals surface area contributed by atoms with Crippen molar-refractivity contribution in [3.63, 3.8) is 0 Å². The quantitative estimate of drug-likeness (QED) is 0.550. The molecule has 0 fully saturated rings. The number of rotatable bonds is 5. The molecule has 3 N–H and O–H groups in total. The first-order valence-corrected chi connectivity index (χ1v) is 9.04. The molecule has 0 saturated carbocycles. The van der Waals surface area contributed by atoms with E-state index < -0.39 is 12.7 Å². The maximum Gasteiger partial charge on any atom is 0.408 e. The van der Waals surface area contributed by atoms with Gasteiger partial charge in [-0.05, 0) is 6.07 Å². The summed E-state index contributed by atoms with van der Waals surface area (Å²) in [6.07, 6.45) is 0.902. The molecular formula is C16H14F3N9S. The summed E-state index contributed by atoms with van der Waals surface area (Å²) in [6.45, 7) is 3.24. The molecule has 0 bridgehead atoms. The van der Waals surface area contributed by atoms with Crippen molar-refractivity contribution in [1.82, 2.24) is 30.5 Å². The van der Waals surface area contributed by atoms with Gasteiger partial charge in [0.05, 0.1) is 46.8 Å². The summed E-state index contributed by atoms with van der Waals surface area (Å²) < 4.78 is 39.0. The maximum absolute atomic E-state index is 12.4. The highest BCUT2D eigenvalue weighted by Gasteiger charge is 2.28. The lowest BCUT2D eigenvalue weighted by atomic mass is 10.2. The minimum Gasteiger partial charge on any atom is -0.299 e. The fourth-order valence-electron chi connectivity index (χ4n) is 2.60. The number of amidine groups is 1. The normalized spacial score (nSPS) is 14.8. The molecule has 3 aromatic heterocycles. The van der Waals surface area contributed by atoms with Crippen LogP contribution < -0.4 is 5.53 Å². The van der Waals surface area contributed by atoms with Crippen LogP contribution in [0.4, 0.5) is 13.2 Å². The van der Waals surface area contributed by atoms with E-state index in [9.17, 15) is 13.2 Å². The number of nitrogens with one attached hydrogen (secondary N) is 3. The van der Waals surface area contributed by atoms with Gasteiger partial charge in [-0.1, -0.05) is 6.58 Å². The van der Waals surface area contributed by atoms with Gasteiger partial charge in [-0.3, -0.25) is 20.2 Å². The van der Waals surface area contributed by atoms with Gasteiger partial charge >= 0.3 is 6.18 Å². The summed E-state index contributed by atoms with van der Waals surface area (Å²) in [7, 11) is 0. The first kappa shape index (κ1) is 18.9. The van der Waals surface area contributed by atoms with Crippen LogP contribution in [-0.4, -0.2) is 48.9 Å². The van der Waals surface area contributed by atoms with Crippen LogP contribution in [0, 0.1) is 5.41 Å². The van der Waals surface area contributed by atoms with E-state index in [0.717, 1.165) is 26.0 Å². The average Bonchev–Trinajstić information content (AvgIpc) is 3.38. The molecule has 4 heterocycles. The number of aromatic nitrogens is 4. The van der Waals surface area contributed by atoms with Gasteiger partial charge in [0.2, 0.25) is 0 Å². The Morgan fingerprint density at radius 3 is 2.97 bits per heavy atom. The highest BCUT2D eigenvalue weighted by molar-refractivity contribution is 7.19. The number of aliphatic imine (C=N–C) groups is 1. The fraction of sp³-hybridized carbons (Fsp3) is 0.188. The number of aromatic amines is 1. The molecule has 0 atom stereocenters. The Balaban J connectivity index is 1.36. The molecule has 1 aliphatic rings. The van der Waals surface area contributed by atoms with Gasteiger partial charge in [-0.2, -0.15) is 23.4 Å². The van der Waals surface area contributed by atoms with E-state index in [1.54, 1.807) is 22.5 Å². The fourth-order valence-corrected chi connectivity index (χ4v) is 3.57. The first-order valence-electron chi connectivity index (χ1n) is 8.22. The molecule has 3 aromatic rings. The zero-order valence-electron chi connectivity index (χ0n) is 14.7. The van der Waals surface area contributed by atoms with Crippen molar-refractivity contribution >= 4 is 39.3 Å².